The van der Waals surface area contributed by atoms with E-state index in [1.807, 2.05) is 42.6 Å². The number of hydrogen-bond donors (Lipinski definition) is 1. The maximum atomic E-state index is 12.9. The van der Waals surface area contributed by atoms with Crippen LogP contribution in [0.15, 0.2) is 48.7 Å². The van der Waals surface area contributed by atoms with Gasteiger partial charge in [0.05, 0.1) is 16.8 Å². The first kappa shape index (κ1) is 22.6. The fraction of sp³-hybridized carbons (Fsp3) is 0.423. The zero-order valence-corrected chi connectivity index (χ0v) is 20.5. The lowest BCUT2D eigenvalue weighted by molar-refractivity contribution is 0.0941. The van der Waals surface area contributed by atoms with E-state index >= 15 is 0 Å². The van der Waals surface area contributed by atoms with Gasteiger partial charge in [-0.3, -0.25) is 14.3 Å². The molecule has 1 unspecified atom stereocenters. The van der Waals surface area contributed by atoms with Gasteiger partial charge in [-0.2, -0.15) is 0 Å². The van der Waals surface area contributed by atoms with Crippen LogP contribution >= 0.6 is 0 Å². The van der Waals surface area contributed by atoms with Crippen LogP contribution in [0.25, 0.3) is 10.9 Å². The Hall–Kier alpha value is -2.88. The van der Waals surface area contributed by atoms with Crippen LogP contribution < -0.4 is 14.2 Å². The molecule has 0 bridgehead atoms. The number of ether oxygens (including phenoxy) is 2. The van der Waals surface area contributed by atoms with Gasteiger partial charge in [-0.25, -0.2) is 13.1 Å². The van der Waals surface area contributed by atoms with Crippen molar-refractivity contribution in [3.05, 3.63) is 59.8 Å². The van der Waals surface area contributed by atoms with Crippen molar-refractivity contribution in [3.63, 3.8) is 0 Å². The summed E-state index contributed by atoms with van der Waals surface area (Å²) < 4.78 is 41.9. The molecule has 0 spiro atoms. The molecule has 3 aliphatic rings. The number of carbonyl (C=O) groups is 1. The van der Waals surface area contributed by atoms with Crippen LogP contribution in [0, 0.1) is 0 Å². The fourth-order valence-corrected chi connectivity index (χ4v) is 7.01. The normalized spacial score (nSPS) is 22.5. The molecule has 6 rings (SSSR count). The summed E-state index contributed by atoms with van der Waals surface area (Å²) in [5.41, 5.74) is 3.00. The number of benzene rings is 2. The first-order valence-corrected chi connectivity index (χ1v) is 13.7. The highest BCUT2D eigenvalue weighted by Gasteiger charge is 2.42. The van der Waals surface area contributed by atoms with Crippen molar-refractivity contribution in [1.29, 1.82) is 0 Å². The van der Waals surface area contributed by atoms with Crippen molar-refractivity contribution in [2.45, 2.75) is 50.1 Å². The van der Waals surface area contributed by atoms with Gasteiger partial charge < -0.3 is 9.47 Å². The number of nitrogens with one attached hydrogen (secondary N) is 1. The van der Waals surface area contributed by atoms with Crippen LogP contribution in [0.5, 0.6) is 11.5 Å². The molecule has 1 saturated heterocycles. The maximum Gasteiger partial charge on any atom is 0.227 e. The SMILES string of the molecule is CC(=O)n1ccc2c(CN3CCC(NS(=O)(=O)C4CC4)[C@H]3c3ccc4c(c3)OCCO4)cccc21. The highest BCUT2D eigenvalue weighted by atomic mass is 32.2. The van der Waals surface area contributed by atoms with E-state index in [2.05, 4.69) is 15.7 Å². The van der Waals surface area contributed by atoms with E-state index in [9.17, 15) is 13.2 Å². The monoisotopic (exact) mass is 495 g/mol. The van der Waals surface area contributed by atoms with Gasteiger partial charge in [0, 0.05) is 37.6 Å². The number of likely N-dealkylation sites (tertiary alicyclic amines) is 1. The Bertz CT molecular complexity index is 1400. The highest BCUT2D eigenvalue weighted by Crippen LogP contribution is 2.40. The molecular weight excluding hydrogens is 466 g/mol. The highest BCUT2D eigenvalue weighted by molar-refractivity contribution is 7.90. The number of fused-ring (bicyclic) bond motifs is 2. The first-order chi connectivity index (χ1) is 16.9. The summed E-state index contributed by atoms with van der Waals surface area (Å²) in [5, 5.41) is 0.767. The van der Waals surface area contributed by atoms with Gasteiger partial charge in [0.25, 0.3) is 0 Å². The molecule has 3 heterocycles. The lowest BCUT2D eigenvalue weighted by Gasteiger charge is -2.30. The molecule has 0 amide bonds. The van der Waals surface area contributed by atoms with Crippen LogP contribution in [-0.2, 0) is 16.6 Å². The van der Waals surface area contributed by atoms with E-state index < -0.39 is 10.0 Å². The molecule has 2 fully saturated rings. The summed E-state index contributed by atoms with van der Waals surface area (Å²) >= 11 is 0. The van der Waals surface area contributed by atoms with Gasteiger partial charge in [0.15, 0.2) is 11.5 Å². The first-order valence-electron chi connectivity index (χ1n) is 12.2. The van der Waals surface area contributed by atoms with E-state index in [1.54, 1.807) is 11.5 Å². The molecule has 2 aromatic carbocycles. The average molecular weight is 496 g/mol. The van der Waals surface area contributed by atoms with E-state index in [0.29, 0.717) is 25.5 Å². The summed E-state index contributed by atoms with van der Waals surface area (Å²) in [6.07, 6.45) is 3.99. The summed E-state index contributed by atoms with van der Waals surface area (Å²) in [5.74, 6) is 1.39. The van der Waals surface area contributed by atoms with E-state index in [4.69, 9.17) is 9.47 Å². The average Bonchev–Trinajstić information content (AvgIpc) is 3.52. The Morgan fingerprint density at radius 1 is 1.06 bits per heavy atom. The standard InChI is InChI=1S/C26H29N3O5S/c1-17(30)29-12-9-21-19(3-2-4-23(21)29)16-28-11-10-22(27-35(31,32)20-6-7-20)26(28)18-5-8-24-25(15-18)34-14-13-33-24/h2-5,8-9,12,15,20,22,26-27H,6-7,10-11,13-14,16H2,1H3/t22?,26-/m1/s1. The summed E-state index contributed by atoms with van der Waals surface area (Å²) in [6, 6.07) is 13.5. The minimum Gasteiger partial charge on any atom is -0.486 e. The number of aromatic nitrogens is 1. The molecule has 1 aliphatic carbocycles. The van der Waals surface area contributed by atoms with Crippen LogP contribution in [0.1, 0.15) is 48.1 Å². The predicted octanol–water partition coefficient (Wildman–Crippen LogP) is 3.47. The number of sulfonamides is 1. The molecule has 0 radical (unpaired) electrons. The van der Waals surface area contributed by atoms with Crippen LogP contribution in [0.2, 0.25) is 0 Å². The Labute approximate surface area is 204 Å². The second-order valence-corrected chi connectivity index (χ2v) is 11.6. The Balaban J connectivity index is 1.35. The van der Waals surface area contributed by atoms with Crippen molar-refractivity contribution >= 4 is 26.8 Å². The smallest absolute Gasteiger partial charge is 0.227 e. The van der Waals surface area contributed by atoms with E-state index in [1.165, 1.54) is 0 Å². The molecule has 1 N–H and O–H groups in total. The third kappa shape index (κ3) is 4.22. The largest absolute Gasteiger partial charge is 0.486 e. The van der Waals surface area contributed by atoms with Crippen molar-refractivity contribution in [1.82, 2.24) is 14.2 Å². The molecule has 2 atom stereocenters. The molecule has 1 aromatic heterocycles. The molecular formula is C26H29N3O5S. The summed E-state index contributed by atoms with van der Waals surface area (Å²) in [4.78, 5) is 14.4. The minimum atomic E-state index is -3.34. The summed E-state index contributed by atoms with van der Waals surface area (Å²) in [6.45, 7) is 3.97. The topological polar surface area (TPSA) is 89.9 Å². The number of rotatable bonds is 6. The van der Waals surface area contributed by atoms with Crippen molar-refractivity contribution in [3.8, 4) is 11.5 Å². The molecule has 184 valence electrons. The number of nitrogens with zero attached hydrogens (tertiary/aromatic N) is 2. The van der Waals surface area contributed by atoms with Gasteiger partial charge in [0.2, 0.25) is 15.9 Å². The van der Waals surface area contributed by atoms with Crippen molar-refractivity contribution < 1.29 is 22.7 Å². The van der Waals surface area contributed by atoms with Crippen LogP contribution in [0.4, 0.5) is 0 Å². The second-order valence-electron chi connectivity index (χ2n) is 9.63. The van der Waals surface area contributed by atoms with Crippen LogP contribution in [-0.4, -0.2) is 54.8 Å². The number of carbonyl (C=O) groups excluding carboxylic acids is 1. The molecule has 3 aromatic rings. The van der Waals surface area contributed by atoms with E-state index in [0.717, 1.165) is 53.6 Å². The summed E-state index contributed by atoms with van der Waals surface area (Å²) in [7, 11) is -3.34. The minimum absolute atomic E-state index is 0.0259. The molecule has 2 aliphatic heterocycles. The quantitative estimate of drug-likeness (QED) is 0.563. The van der Waals surface area contributed by atoms with Gasteiger partial charge in [-0.15, -0.1) is 0 Å². The Morgan fingerprint density at radius 3 is 2.63 bits per heavy atom. The maximum absolute atomic E-state index is 12.9. The molecule has 35 heavy (non-hydrogen) atoms. The van der Waals surface area contributed by atoms with Crippen LogP contribution in [0.3, 0.4) is 0 Å². The van der Waals surface area contributed by atoms with Gasteiger partial charge in [-0.05, 0) is 54.7 Å². The Morgan fingerprint density at radius 2 is 1.86 bits per heavy atom. The third-order valence-corrected chi connectivity index (χ3v) is 9.20. The third-order valence-electron chi connectivity index (χ3n) is 7.22. The lowest BCUT2D eigenvalue weighted by atomic mass is 9.99. The zero-order valence-electron chi connectivity index (χ0n) is 19.6. The lowest BCUT2D eigenvalue weighted by Crippen LogP contribution is -2.41. The molecule has 8 nitrogen and oxygen atoms in total. The van der Waals surface area contributed by atoms with Gasteiger partial charge >= 0.3 is 0 Å². The van der Waals surface area contributed by atoms with E-state index in [-0.39, 0.29) is 23.2 Å². The fourth-order valence-electron chi connectivity index (χ4n) is 5.39. The predicted molar refractivity (Wildman–Crippen MR) is 132 cm³/mol. The van der Waals surface area contributed by atoms with Gasteiger partial charge in [0.1, 0.15) is 13.2 Å². The molecule has 9 heteroatoms. The zero-order chi connectivity index (χ0) is 24.2. The van der Waals surface area contributed by atoms with Crippen molar-refractivity contribution in [2.24, 2.45) is 0 Å². The second kappa shape index (κ2) is 8.65. The number of hydrogen-bond acceptors (Lipinski definition) is 6. The van der Waals surface area contributed by atoms with Gasteiger partial charge in [-0.1, -0.05) is 18.2 Å². The Kier molecular flexibility index (Phi) is 5.58. The van der Waals surface area contributed by atoms with Crippen molar-refractivity contribution in [2.75, 3.05) is 19.8 Å². The molecule has 1 saturated carbocycles.